The van der Waals surface area contributed by atoms with E-state index in [2.05, 4.69) is 11.6 Å². The molecule has 0 radical (unpaired) electrons. The minimum absolute atomic E-state index is 0.163. The predicted molar refractivity (Wildman–Crippen MR) is 165 cm³/mol. The van der Waals surface area contributed by atoms with Crippen LogP contribution < -0.4 is 9.47 Å². The normalized spacial score (nSPS) is 15.5. The summed E-state index contributed by atoms with van der Waals surface area (Å²) in [5.41, 5.74) is 4.88. The van der Waals surface area contributed by atoms with Crippen LogP contribution in [-0.4, -0.2) is 79.1 Å². The molecule has 1 aliphatic rings. The van der Waals surface area contributed by atoms with Gasteiger partial charge in [-0.05, 0) is 72.6 Å². The summed E-state index contributed by atoms with van der Waals surface area (Å²) in [6.45, 7) is 6.22. The number of carbonyl (C=O) groups is 1. The summed E-state index contributed by atoms with van der Waals surface area (Å²) in [7, 11) is 3.59. The largest absolute Gasteiger partial charge is 0.491 e. The highest BCUT2D eigenvalue weighted by Crippen LogP contribution is 2.40. The number of aromatic nitrogens is 1. The molecule has 1 amide bonds. The van der Waals surface area contributed by atoms with E-state index in [4.69, 9.17) is 25.8 Å². The zero-order valence-electron chi connectivity index (χ0n) is 23.9. The number of nitrogens with zero attached hydrogens (tertiary/aromatic N) is 2. The average molecular weight is 590 g/mol. The molecule has 2 N–H and O–H groups in total. The number of benzene rings is 3. The molecule has 9 heteroatoms. The number of amides is 1. The molecule has 42 heavy (non-hydrogen) atoms. The number of aromatic amines is 1. The number of halogens is 1. The molecule has 3 aromatic carbocycles. The lowest BCUT2D eigenvalue weighted by atomic mass is 9.92. The molecule has 0 saturated heterocycles. The quantitative estimate of drug-likeness (QED) is 0.226. The highest BCUT2D eigenvalue weighted by Gasteiger charge is 2.35. The summed E-state index contributed by atoms with van der Waals surface area (Å²) < 4.78 is 16.8. The molecule has 0 spiro atoms. The van der Waals surface area contributed by atoms with E-state index in [1.54, 1.807) is 30.2 Å². The van der Waals surface area contributed by atoms with Crippen molar-refractivity contribution in [2.75, 3.05) is 47.0 Å². The van der Waals surface area contributed by atoms with Gasteiger partial charge in [-0.25, -0.2) is 4.79 Å². The number of carbonyl (C=O) groups excluding carboxylic acids is 1. The maximum Gasteiger partial charge on any atom is 0.416 e. The number of fused-ring (bicyclic) bond motifs is 3. The highest BCUT2D eigenvalue weighted by atomic mass is 35.5. The minimum Gasteiger partial charge on any atom is -0.491 e. The van der Waals surface area contributed by atoms with E-state index in [-0.39, 0.29) is 6.61 Å². The van der Waals surface area contributed by atoms with Gasteiger partial charge in [0.2, 0.25) is 0 Å². The van der Waals surface area contributed by atoms with Crippen molar-refractivity contribution < 1.29 is 24.1 Å². The van der Waals surface area contributed by atoms with Crippen LogP contribution in [0.2, 0.25) is 5.02 Å². The van der Waals surface area contributed by atoms with E-state index in [1.807, 2.05) is 66.5 Å². The van der Waals surface area contributed by atoms with Crippen molar-refractivity contribution in [1.82, 2.24) is 14.8 Å². The van der Waals surface area contributed by atoms with E-state index < -0.39 is 18.2 Å². The number of methoxy groups -OCH3 is 1. The van der Waals surface area contributed by atoms with Crippen LogP contribution in [0.1, 0.15) is 28.4 Å². The number of H-pyrrole nitrogens is 1. The maximum absolute atomic E-state index is 13.6. The summed E-state index contributed by atoms with van der Waals surface area (Å²) in [5, 5.41) is 12.1. The van der Waals surface area contributed by atoms with Crippen molar-refractivity contribution in [3.8, 4) is 11.5 Å². The van der Waals surface area contributed by atoms with Crippen LogP contribution in [0.5, 0.6) is 11.5 Å². The third-order valence-electron chi connectivity index (χ3n) is 7.48. The molecule has 2 heterocycles. The fraction of sp³-hybridized carbons (Fsp3) is 0.303. The SMILES string of the molecule is C=Cc1ccc(OC(=O)N2CCc3c([nH]c4ccc(Cl)cc34)C2c2ccc(OCC(O)CN(C)CCOC)cc2)cc1. The third kappa shape index (κ3) is 6.79. The lowest BCUT2D eigenvalue weighted by Crippen LogP contribution is -2.42. The Morgan fingerprint density at radius 2 is 1.90 bits per heavy atom. The number of ether oxygens (including phenoxy) is 3. The molecule has 1 aliphatic heterocycles. The number of aliphatic hydroxyl groups is 1. The van der Waals surface area contributed by atoms with Crippen LogP contribution in [0.15, 0.2) is 73.3 Å². The van der Waals surface area contributed by atoms with E-state index >= 15 is 0 Å². The van der Waals surface area contributed by atoms with Gasteiger partial charge >= 0.3 is 6.09 Å². The number of hydrogen-bond donors (Lipinski definition) is 2. The van der Waals surface area contributed by atoms with Gasteiger partial charge < -0.3 is 29.2 Å². The Labute approximate surface area is 251 Å². The second-order valence-corrected chi connectivity index (χ2v) is 10.9. The van der Waals surface area contributed by atoms with Gasteiger partial charge in [0.1, 0.15) is 30.3 Å². The first-order valence-corrected chi connectivity index (χ1v) is 14.3. The number of aliphatic hydroxyl groups excluding tert-OH is 1. The number of rotatable bonds is 11. The Kier molecular flexibility index (Phi) is 9.49. The Hall–Kier alpha value is -3.82. The molecular formula is C33H36ClN3O5. The Morgan fingerprint density at radius 3 is 2.62 bits per heavy atom. The minimum atomic E-state index is -0.642. The van der Waals surface area contributed by atoms with E-state index in [0.29, 0.717) is 42.6 Å². The summed E-state index contributed by atoms with van der Waals surface area (Å²) in [6.07, 6.45) is 1.33. The monoisotopic (exact) mass is 589 g/mol. The summed E-state index contributed by atoms with van der Waals surface area (Å²) in [5.74, 6) is 1.10. The Bertz CT molecular complexity index is 1520. The molecule has 8 nitrogen and oxygen atoms in total. The van der Waals surface area contributed by atoms with Crippen LogP contribution in [0.4, 0.5) is 4.79 Å². The third-order valence-corrected chi connectivity index (χ3v) is 7.72. The fourth-order valence-corrected chi connectivity index (χ4v) is 5.50. The van der Waals surface area contributed by atoms with Crippen LogP contribution >= 0.6 is 11.6 Å². The van der Waals surface area contributed by atoms with Gasteiger partial charge in [0, 0.05) is 48.4 Å². The standard InChI is InChI=1S/C33H36ClN3O5/c1-4-22-5-10-27(11-6-22)42-33(39)37-16-15-28-29-19-24(34)9-14-30(29)35-31(28)32(37)23-7-12-26(13-8-23)41-21-25(38)20-36(2)17-18-40-3/h4-14,19,25,32,35,38H,1,15-18,20-21H2,2-3H3. The molecule has 1 aromatic heterocycles. The Balaban J connectivity index is 1.38. The van der Waals surface area contributed by atoms with Crippen molar-refractivity contribution in [2.45, 2.75) is 18.6 Å². The van der Waals surface area contributed by atoms with Crippen molar-refractivity contribution in [3.63, 3.8) is 0 Å². The van der Waals surface area contributed by atoms with Crippen LogP contribution in [-0.2, 0) is 11.2 Å². The summed E-state index contributed by atoms with van der Waals surface area (Å²) >= 11 is 6.34. The Morgan fingerprint density at radius 1 is 1.17 bits per heavy atom. The summed E-state index contributed by atoms with van der Waals surface area (Å²) in [6, 6.07) is 20.2. The average Bonchev–Trinajstić information content (AvgIpc) is 3.37. The van der Waals surface area contributed by atoms with Gasteiger partial charge in [-0.2, -0.15) is 0 Å². The fourth-order valence-electron chi connectivity index (χ4n) is 5.33. The van der Waals surface area contributed by atoms with Gasteiger partial charge in [-0.15, -0.1) is 0 Å². The second-order valence-electron chi connectivity index (χ2n) is 10.5. The van der Waals surface area contributed by atoms with Gasteiger partial charge in [-0.3, -0.25) is 4.90 Å². The highest BCUT2D eigenvalue weighted by molar-refractivity contribution is 6.31. The second kappa shape index (κ2) is 13.4. The molecular weight excluding hydrogens is 554 g/mol. The first-order valence-electron chi connectivity index (χ1n) is 14.0. The van der Waals surface area contributed by atoms with Gasteiger partial charge in [-0.1, -0.05) is 48.5 Å². The molecule has 0 fully saturated rings. The topological polar surface area (TPSA) is 87.3 Å². The van der Waals surface area contributed by atoms with Gasteiger partial charge in [0.05, 0.1) is 6.61 Å². The zero-order chi connectivity index (χ0) is 29.6. The molecule has 220 valence electrons. The smallest absolute Gasteiger partial charge is 0.416 e. The van der Waals surface area contributed by atoms with Crippen LogP contribution in [0.25, 0.3) is 17.0 Å². The van der Waals surface area contributed by atoms with Crippen molar-refractivity contribution in [3.05, 3.63) is 101 Å². The van der Waals surface area contributed by atoms with Crippen molar-refractivity contribution in [1.29, 1.82) is 0 Å². The zero-order valence-corrected chi connectivity index (χ0v) is 24.6. The predicted octanol–water partition coefficient (Wildman–Crippen LogP) is 5.93. The number of hydrogen-bond acceptors (Lipinski definition) is 6. The van der Waals surface area contributed by atoms with E-state index in [1.165, 1.54) is 0 Å². The molecule has 4 aromatic rings. The molecule has 2 unspecified atom stereocenters. The van der Waals surface area contributed by atoms with Crippen LogP contribution in [0, 0.1) is 0 Å². The summed E-state index contributed by atoms with van der Waals surface area (Å²) in [4.78, 5) is 20.9. The molecule has 0 aliphatic carbocycles. The first-order chi connectivity index (χ1) is 20.4. The lowest BCUT2D eigenvalue weighted by molar-refractivity contribution is 0.0667. The molecule has 2 atom stereocenters. The van der Waals surface area contributed by atoms with E-state index in [9.17, 15) is 9.90 Å². The van der Waals surface area contributed by atoms with Gasteiger partial charge in [0.25, 0.3) is 0 Å². The van der Waals surface area contributed by atoms with E-state index in [0.717, 1.165) is 39.8 Å². The number of nitrogens with one attached hydrogen (secondary N) is 1. The lowest BCUT2D eigenvalue weighted by Gasteiger charge is -2.35. The van der Waals surface area contributed by atoms with Crippen LogP contribution in [0.3, 0.4) is 0 Å². The molecule has 0 saturated carbocycles. The van der Waals surface area contributed by atoms with Crippen molar-refractivity contribution >= 4 is 34.7 Å². The van der Waals surface area contributed by atoms with Crippen molar-refractivity contribution in [2.24, 2.45) is 0 Å². The maximum atomic E-state index is 13.6. The molecule has 0 bridgehead atoms. The van der Waals surface area contributed by atoms with Gasteiger partial charge in [0.15, 0.2) is 0 Å². The first kappa shape index (κ1) is 29.7. The molecule has 5 rings (SSSR count). The number of likely N-dealkylation sites (N-methyl/N-ethyl adjacent to an activating group) is 1.